The summed E-state index contributed by atoms with van der Waals surface area (Å²) in [5.74, 6) is 4.27. The summed E-state index contributed by atoms with van der Waals surface area (Å²) in [7, 11) is 25.1. The molecule has 4 rings (SSSR count). The maximum Gasteiger partial charge on any atom is 0.0467 e. The highest BCUT2D eigenvalue weighted by molar-refractivity contribution is 4.87. The number of hydrogen-bond acceptors (Lipinski definition) is 11. The molecule has 0 bridgehead atoms. The Morgan fingerprint density at radius 1 is 0.328 bits per heavy atom. The summed E-state index contributed by atoms with van der Waals surface area (Å²) in [5, 5.41) is 3.12. The second-order valence-corrected chi connectivity index (χ2v) is 60.2. The average molecular weight is 1910 g/mol. The summed E-state index contributed by atoms with van der Waals surface area (Å²) in [4.78, 5) is 18.8. The SMILES string of the molecule is CC(C)(C)C1CCC1.CC(C)(C)CCN1CCCC1.CC(CN(C)C)C(C)(C)C.CC(CN)C(C)(C)C.CCCC(C)(C)C.CCCC(C)(C)C.CCCCCC(C)(C)C.CCN(CC)CCC(C)(C)C.CN(C)CCC(C)(C)C.CN(C)CCC(C)(C)C.CN(C)CCCC(C)(C)C.CN1CC(C(C)(C)C)C1.CN1CCC(C(C)(C)C)C1.CNCCC(C)(C)C.COCCC(C)(C)C. The van der Waals surface area contributed by atoms with Crippen molar-refractivity contribution < 1.29 is 4.74 Å². The van der Waals surface area contributed by atoms with Crippen molar-refractivity contribution >= 4 is 0 Å². The summed E-state index contributed by atoms with van der Waals surface area (Å²) >= 11 is 0. The molecule has 0 aromatic carbocycles. The van der Waals surface area contributed by atoms with Crippen LogP contribution in [-0.2, 0) is 4.74 Å². The molecule has 3 heterocycles. The number of nitrogens with one attached hydrogen (secondary N) is 1. The van der Waals surface area contributed by atoms with Gasteiger partial charge in [0.25, 0.3) is 0 Å². The predicted molar refractivity (Wildman–Crippen MR) is 628 cm³/mol. The van der Waals surface area contributed by atoms with E-state index < -0.39 is 0 Å². The van der Waals surface area contributed by atoms with E-state index in [1.807, 2.05) is 7.05 Å². The monoisotopic (exact) mass is 1910 g/mol. The van der Waals surface area contributed by atoms with E-state index in [2.05, 4.69) is 475 Å². The van der Waals surface area contributed by atoms with Crippen molar-refractivity contribution in [3.63, 3.8) is 0 Å². The standard InChI is InChI=1S/C10H21N.C10H23N.C9H19N.2C9H21N.C9H20.C8H17N.2C8H19N.C8H16.2C7H17N.C7H16O.2C7H16/c1-10(2,3)6-9-11-7-4-5-8-11;1-6-11(7-2)9-8-10(3,4)5;1-9(2,3)8-5-6-10(4)7-8;1-8(7-10(5)6)9(2,3)4;1-9(2,3)7-6-8-10(4)5;1-5-6-7-8-9(2,3)4;1-8(2,3)7-5-9(4)6-7;2*1-8(2,3)6-7-9(4)5;1-8(2,3)7-5-4-6-7;1-7(2,3)5-6-8-4;1-6(5-8)7(2,3)4;1-7(2,3)5-6-8-4;2*1-5-6-7(2,3)4/h4-9H2,1-3H3;6-9H2,1-5H3;8H,5-7H2,1-4H3;8H,7H2,1-6H3;6-8H2,1-5H3;5-8H2,1-4H3;7H,5-6H2,1-4H3;2*6-7H2,1-5H3;7H,4-6H2,1-3H3;8H,5-6H2,1-4H3;6H,5,8H2,1-4H3;5-6H2,1-4H3;2*5-6H2,1-4H3. The van der Waals surface area contributed by atoms with E-state index in [0.717, 1.165) is 49.8 Å². The first kappa shape index (κ1) is 156. The van der Waals surface area contributed by atoms with Crippen LogP contribution in [0.5, 0.6) is 0 Å². The first-order chi connectivity index (χ1) is 59.5. The van der Waals surface area contributed by atoms with E-state index in [9.17, 15) is 0 Å². The van der Waals surface area contributed by atoms with E-state index in [1.165, 1.54) is 226 Å². The zero-order valence-electron chi connectivity index (χ0n) is 107. The van der Waals surface area contributed by atoms with Crippen LogP contribution in [-0.4, -0.2) is 235 Å². The second kappa shape index (κ2) is 79.8. The highest BCUT2D eigenvalue weighted by Gasteiger charge is 2.34. The molecular formula is C123H278N10O. The van der Waals surface area contributed by atoms with Crippen LogP contribution in [0.3, 0.4) is 0 Å². The molecule has 0 radical (unpaired) electrons. The number of nitrogens with two attached hydrogens (primary N) is 1. The Balaban J connectivity index is -0.000000135. The van der Waals surface area contributed by atoms with Crippen molar-refractivity contribution in [2.45, 2.75) is 501 Å². The molecule has 1 saturated carbocycles. The summed E-state index contributed by atoms with van der Waals surface area (Å²) in [6.07, 6.45) is 29.7. The Morgan fingerprint density at radius 2 is 0.649 bits per heavy atom. The number of unbranched alkanes of at least 4 members (excludes halogenated alkanes) is 2. The van der Waals surface area contributed by atoms with Crippen molar-refractivity contribution in [2.24, 2.45) is 117 Å². The fourth-order valence-electron chi connectivity index (χ4n) is 13.2. The Bertz CT molecular complexity index is 2320. The number of rotatable bonds is 25. The molecule has 4 aliphatic rings. The lowest BCUT2D eigenvalue weighted by molar-refractivity contribution is 0.0459. The zero-order chi connectivity index (χ0) is 109. The van der Waals surface area contributed by atoms with Crippen LogP contribution in [0.4, 0.5) is 0 Å². The summed E-state index contributed by atoms with van der Waals surface area (Å²) < 4.78 is 4.92. The third kappa shape index (κ3) is 145. The molecule has 0 aromatic rings. The van der Waals surface area contributed by atoms with Crippen LogP contribution in [0.15, 0.2) is 0 Å². The fraction of sp³-hybridized carbons (Fsp3) is 1.00. The highest BCUT2D eigenvalue weighted by atomic mass is 16.5. The van der Waals surface area contributed by atoms with Crippen molar-refractivity contribution in [3.8, 4) is 0 Å². The minimum absolute atomic E-state index is 0.384. The van der Waals surface area contributed by atoms with Crippen molar-refractivity contribution in [1.82, 2.24) is 44.5 Å². The molecule has 4 fully saturated rings. The van der Waals surface area contributed by atoms with Crippen LogP contribution in [0.2, 0.25) is 0 Å². The molecule has 826 valence electrons. The molecular weight excluding hydrogens is 1630 g/mol. The number of hydrogen-bond donors (Lipinski definition) is 2. The van der Waals surface area contributed by atoms with Gasteiger partial charge in [0.2, 0.25) is 0 Å². The van der Waals surface area contributed by atoms with Crippen LogP contribution in [0, 0.1) is 111 Å². The number of ether oxygens (including phenoxy) is 1. The second-order valence-electron chi connectivity index (χ2n) is 60.2. The van der Waals surface area contributed by atoms with Gasteiger partial charge in [-0.15, -0.1) is 0 Å². The van der Waals surface area contributed by atoms with Gasteiger partial charge in [0, 0.05) is 39.9 Å². The maximum absolute atomic E-state index is 5.46. The van der Waals surface area contributed by atoms with Gasteiger partial charge in [-0.3, -0.25) is 0 Å². The van der Waals surface area contributed by atoms with Crippen molar-refractivity contribution in [3.05, 3.63) is 0 Å². The Labute approximate surface area is 857 Å². The molecule has 0 amide bonds. The number of nitrogens with zero attached hydrogens (tertiary/aromatic N) is 8. The normalized spacial score (nSPS) is 16.2. The van der Waals surface area contributed by atoms with Gasteiger partial charge in [0.15, 0.2) is 0 Å². The largest absolute Gasteiger partial charge is 0.385 e. The van der Waals surface area contributed by atoms with Gasteiger partial charge in [0.05, 0.1) is 0 Å². The third-order valence-electron chi connectivity index (χ3n) is 25.5. The molecule has 3 unspecified atom stereocenters. The van der Waals surface area contributed by atoms with E-state index in [1.54, 1.807) is 7.11 Å². The quantitative estimate of drug-likeness (QED) is 0.0859. The first-order valence-corrected chi connectivity index (χ1v) is 55.8. The topological polar surface area (TPSA) is 73.2 Å². The lowest BCUT2D eigenvalue weighted by atomic mass is 9.69. The number of likely N-dealkylation sites (tertiary alicyclic amines) is 3. The van der Waals surface area contributed by atoms with E-state index in [-0.39, 0.29) is 0 Å². The smallest absolute Gasteiger partial charge is 0.0467 e. The lowest BCUT2D eigenvalue weighted by Gasteiger charge is -2.44. The minimum Gasteiger partial charge on any atom is -0.385 e. The van der Waals surface area contributed by atoms with Gasteiger partial charge in [-0.05, 0) is 370 Å². The van der Waals surface area contributed by atoms with E-state index in [0.29, 0.717) is 87.1 Å². The molecule has 134 heavy (non-hydrogen) atoms. The fourth-order valence-corrected chi connectivity index (χ4v) is 13.2. The summed E-state index contributed by atoms with van der Waals surface area (Å²) in [6.45, 7) is 139. The van der Waals surface area contributed by atoms with Gasteiger partial charge >= 0.3 is 0 Å². The van der Waals surface area contributed by atoms with Crippen molar-refractivity contribution in [2.75, 3.05) is 196 Å². The highest BCUT2D eigenvalue weighted by Crippen LogP contribution is 2.41. The van der Waals surface area contributed by atoms with Crippen molar-refractivity contribution in [1.29, 1.82) is 0 Å². The van der Waals surface area contributed by atoms with E-state index >= 15 is 0 Å². The molecule has 3 saturated heterocycles. The average Bonchev–Trinajstić information content (AvgIpc) is 0.870. The first-order valence-electron chi connectivity index (χ1n) is 55.8. The molecule has 0 spiro atoms. The predicted octanol–water partition coefficient (Wildman–Crippen LogP) is 34.9. The Morgan fingerprint density at radius 3 is 0.806 bits per heavy atom. The molecule has 3 atom stereocenters. The van der Waals surface area contributed by atoms with Gasteiger partial charge in [0.1, 0.15) is 0 Å². The van der Waals surface area contributed by atoms with Crippen LogP contribution in [0.25, 0.3) is 0 Å². The minimum atomic E-state index is 0.384. The molecule has 11 nitrogen and oxygen atoms in total. The number of methoxy groups -OCH3 is 1. The summed E-state index contributed by atoms with van der Waals surface area (Å²) in [5.41, 5.74) is 13.0. The molecule has 0 aromatic heterocycles. The maximum atomic E-state index is 5.46. The van der Waals surface area contributed by atoms with Gasteiger partial charge in [-0.2, -0.15) is 0 Å². The molecule has 1 aliphatic carbocycles. The van der Waals surface area contributed by atoms with Crippen LogP contribution < -0.4 is 11.1 Å². The molecule has 3 N–H and O–H groups in total. The van der Waals surface area contributed by atoms with Gasteiger partial charge in [-0.25, -0.2) is 0 Å². The van der Waals surface area contributed by atoms with E-state index in [4.69, 9.17) is 10.5 Å². The molecule has 11 heteroatoms. The Kier molecular flexibility index (Phi) is 93.0. The molecule has 3 aliphatic heterocycles. The third-order valence-corrected chi connectivity index (χ3v) is 25.5. The zero-order valence-corrected chi connectivity index (χ0v) is 107. The van der Waals surface area contributed by atoms with Gasteiger partial charge in [-0.1, -0.05) is 399 Å². The van der Waals surface area contributed by atoms with Gasteiger partial charge < -0.3 is 55.0 Å². The summed E-state index contributed by atoms with van der Waals surface area (Å²) in [6, 6.07) is 0. The van der Waals surface area contributed by atoms with Crippen LogP contribution in [0.1, 0.15) is 501 Å². The van der Waals surface area contributed by atoms with Crippen LogP contribution >= 0.6 is 0 Å². The lowest BCUT2D eigenvalue weighted by Crippen LogP contribution is -2.49. The Hall–Kier alpha value is -0.440.